The molecular weight excluding hydrogens is 400 g/mol. The van der Waals surface area contributed by atoms with Gasteiger partial charge in [-0.3, -0.25) is 14.4 Å². The van der Waals surface area contributed by atoms with Crippen LogP contribution in [0.25, 0.3) is 11.1 Å². The number of benzene rings is 1. The molecule has 1 heterocycles. The second-order valence-corrected chi connectivity index (χ2v) is 9.20. The van der Waals surface area contributed by atoms with E-state index in [0.29, 0.717) is 23.4 Å². The van der Waals surface area contributed by atoms with E-state index in [0.717, 1.165) is 27.2 Å². The van der Waals surface area contributed by atoms with Crippen LogP contribution < -0.4 is 11.1 Å². The predicted molar refractivity (Wildman–Crippen MR) is 119 cm³/mol. The van der Waals surface area contributed by atoms with Crippen LogP contribution in [-0.4, -0.2) is 22.9 Å². The molecule has 3 rings (SSSR count). The largest absolute Gasteiger partial charge is 0.481 e. The molecule has 1 aliphatic rings. The topological polar surface area (TPSA) is 109 Å². The maximum Gasteiger partial charge on any atom is 0.307 e. The Labute approximate surface area is 179 Å². The van der Waals surface area contributed by atoms with Crippen molar-refractivity contribution in [2.45, 2.75) is 40.5 Å². The van der Waals surface area contributed by atoms with Gasteiger partial charge >= 0.3 is 5.97 Å². The quantitative estimate of drug-likeness (QED) is 0.611. The van der Waals surface area contributed by atoms with Crippen molar-refractivity contribution in [3.05, 3.63) is 51.4 Å². The minimum Gasteiger partial charge on any atom is -0.481 e. The van der Waals surface area contributed by atoms with E-state index in [2.05, 4.69) is 5.32 Å². The maximum absolute atomic E-state index is 13.1. The number of carbonyl (C=O) groups excluding carboxylic acids is 2. The van der Waals surface area contributed by atoms with Gasteiger partial charge in [0.1, 0.15) is 5.00 Å². The summed E-state index contributed by atoms with van der Waals surface area (Å²) in [6.07, 6.45) is 0.732. The van der Waals surface area contributed by atoms with Crippen LogP contribution in [0.2, 0.25) is 0 Å². The Morgan fingerprint density at radius 1 is 1.00 bits per heavy atom. The minimum atomic E-state index is -0.986. The fraction of sp³-hybridized carbons (Fsp3) is 0.348. The van der Waals surface area contributed by atoms with Gasteiger partial charge in [-0.2, -0.15) is 0 Å². The van der Waals surface area contributed by atoms with Crippen molar-refractivity contribution in [1.29, 1.82) is 0 Å². The summed E-state index contributed by atoms with van der Waals surface area (Å²) in [5, 5.41) is 12.8. The normalized spacial score (nSPS) is 18.9. The van der Waals surface area contributed by atoms with Crippen molar-refractivity contribution >= 4 is 34.1 Å². The molecule has 2 amide bonds. The highest BCUT2D eigenvalue weighted by molar-refractivity contribution is 7.17. The number of amides is 2. The molecule has 0 saturated heterocycles. The molecule has 30 heavy (non-hydrogen) atoms. The first-order valence-corrected chi connectivity index (χ1v) is 10.6. The minimum absolute atomic E-state index is 0.265. The number of hydrogen-bond donors (Lipinski definition) is 3. The van der Waals surface area contributed by atoms with E-state index in [1.807, 2.05) is 52.0 Å². The molecule has 1 aliphatic carbocycles. The SMILES string of the molecule is CC1=C(C)C[C@@H](C(=O)O)[C@@H](C(=O)Nc2sc(C)c(-c3ccc(C)cc3)c2C(N)=O)C1. The zero-order valence-electron chi connectivity index (χ0n) is 17.5. The lowest BCUT2D eigenvalue weighted by atomic mass is 9.76. The first-order chi connectivity index (χ1) is 14.1. The molecule has 7 heteroatoms. The number of allylic oxidation sites excluding steroid dienone is 2. The summed E-state index contributed by atoms with van der Waals surface area (Å²) in [6, 6.07) is 7.74. The summed E-state index contributed by atoms with van der Waals surface area (Å²) >= 11 is 1.28. The first-order valence-electron chi connectivity index (χ1n) is 9.79. The van der Waals surface area contributed by atoms with E-state index < -0.39 is 29.6 Å². The summed E-state index contributed by atoms with van der Waals surface area (Å²) in [7, 11) is 0. The number of aryl methyl sites for hydroxylation is 2. The molecule has 158 valence electrons. The van der Waals surface area contributed by atoms with Gasteiger partial charge in [0.15, 0.2) is 0 Å². The molecule has 4 N–H and O–H groups in total. The van der Waals surface area contributed by atoms with E-state index in [-0.39, 0.29) is 5.56 Å². The molecule has 0 radical (unpaired) electrons. The number of carbonyl (C=O) groups is 3. The summed E-state index contributed by atoms with van der Waals surface area (Å²) in [5.74, 6) is -3.50. The van der Waals surface area contributed by atoms with Gasteiger partial charge in [0.05, 0.1) is 17.4 Å². The molecule has 0 aliphatic heterocycles. The standard InChI is InChI=1S/C23H26N2O4S/c1-11-5-7-15(8-6-11)18-14(4)30-22(19(18)20(24)26)25-21(27)16-9-12(2)13(3)10-17(16)23(28)29/h5-8,16-17H,9-10H2,1-4H3,(H2,24,26)(H,25,27)(H,28,29)/t16-,17+/m0/s1. The molecule has 0 saturated carbocycles. The number of primary amides is 1. The third-order valence-electron chi connectivity index (χ3n) is 5.83. The fourth-order valence-corrected chi connectivity index (χ4v) is 5.05. The van der Waals surface area contributed by atoms with Crippen LogP contribution in [0.4, 0.5) is 5.00 Å². The summed E-state index contributed by atoms with van der Waals surface area (Å²) in [6.45, 7) is 7.68. The number of rotatable bonds is 5. The van der Waals surface area contributed by atoms with Gasteiger partial charge in [-0.25, -0.2) is 0 Å². The van der Waals surface area contributed by atoms with Gasteiger partial charge in [0.2, 0.25) is 5.91 Å². The fourth-order valence-electron chi connectivity index (χ4n) is 3.97. The second kappa shape index (κ2) is 8.44. The van der Waals surface area contributed by atoms with E-state index in [1.165, 1.54) is 11.3 Å². The van der Waals surface area contributed by atoms with Crippen LogP contribution in [0.15, 0.2) is 35.4 Å². The summed E-state index contributed by atoms with van der Waals surface area (Å²) < 4.78 is 0. The molecule has 0 spiro atoms. The summed E-state index contributed by atoms with van der Waals surface area (Å²) in [5.41, 5.74) is 10.6. The zero-order chi connectivity index (χ0) is 22.2. The highest BCUT2D eigenvalue weighted by Gasteiger charge is 2.38. The van der Waals surface area contributed by atoms with Gasteiger partial charge in [0, 0.05) is 10.4 Å². The molecular formula is C23H26N2O4S. The van der Waals surface area contributed by atoms with Crippen molar-refractivity contribution < 1.29 is 19.5 Å². The van der Waals surface area contributed by atoms with Crippen LogP contribution in [0.5, 0.6) is 0 Å². The Morgan fingerprint density at radius 3 is 2.10 bits per heavy atom. The maximum atomic E-state index is 13.1. The Balaban J connectivity index is 1.97. The van der Waals surface area contributed by atoms with Crippen molar-refractivity contribution in [1.82, 2.24) is 0 Å². The smallest absolute Gasteiger partial charge is 0.307 e. The lowest BCUT2D eigenvalue weighted by Crippen LogP contribution is -2.36. The Hall–Kier alpha value is -2.93. The predicted octanol–water partition coefficient (Wildman–Crippen LogP) is 4.52. The van der Waals surface area contributed by atoms with Crippen molar-refractivity contribution in [3.63, 3.8) is 0 Å². The van der Waals surface area contributed by atoms with Gasteiger partial charge in [0.25, 0.3) is 5.91 Å². The Bertz CT molecular complexity index is 1050. The second-order valence-electron chi connectivity index (χ2n) is 7.98. The number of carboxylic acid groups (broad SMARTS) is 1. The molecule has 6 nitrogen and oxygen atoms in total. The molecule has 0 bridgehead atoms. The van der Waals surface area contributed by atoms with E-state index in [9.17, 15) is 19.5 Å². The number of carboxylic acids is 1. The molecule has 1 aromatic carbocycles. The van der Waals surface area contributed by atoms with Crippen LogP contribution >= 0.6 is 11.3 Å². The molecule has 1 aromatic heterocycles. The number of thiophene rings is 1. The van der Waals surface area contributed by atoms with E-state index in [4.69, 9.17) is 5.73 Å². The van der Waals surface area contributed by atoms with Crippen LogP contribution in [-0.2, 0) is 9.59 Å². The molecule has 0 unspecified atom stereocenters. The number of aliphatic carboxylic acids is 1. The van der Waals surface area contributed by atoms with Crippen molar-refractivity contribution in [2.75, 3.05) is 5.32 Å². The average molecular weight is 427 g/mol. The first kappa shape index (κ1) is 21.8. The highest BCUT2D eigenvalue weighted by Crippen LogP contribution is 2.41. The van der Waals surface area contributed by atoms with E-state index in [1.54, 1.807) is 0 Å². The zero-order valence-corrected chi connectivity index (χ0v) is 18.4. The average Bonchev–Trinajstić information content (AvgIpc) is 2.99. The van der Waals surface area contributed by atoms with Gasteiger partial charge in [-0.15, -0.1) is 11.3 Å². The Morgan fingerprint density at radius 2 is 1.57 bits per heavy atom. The van der Waals surface area contributed by atoms with E-state index >= 15 is 0 Å². The number of nitrogens with two attached hydrogens (primary N) is 1. The number of anilines is 1. The van der Waals surface area contributed by atoms with Crippen LogP contribution in [0.3, 0.4) is 0 Å². The number of nitrogens with one attached hydrogen (secondary N) is 1. The van der Waals surface area contributed by atoms with Crippen LogP contribution in [0.1, 0.15) is 47.5 Å². The van der Waals surface area contributed by atoms with Gasteiger partial charge in [-0.1, -0.05) is 41.0 Å². The van der Waals surface area contributed by atoms with Crippen molar-refractivity contribution in [2.24, 2.45) is 17.6 Å². The number of hydrogen-bond acceptors (Lipinski definition) is 4. The molecule has 2 atom stereocenters. The van der Waals surface area contributed by atoms with Crippen LogP contribution in [0, 0.1) is 25.7 Å². The molecule has 0 fully saturated rings. The van der Waals surface area contributed by atoms with Gasteiger partial charge < -0.3 is 16.2 Å². The van der Waals surface area contributed by atoms with Gasteiger partial charge in [-0.05, 0) is 46.1 Å². The lowest BCUT2D eigenvalue weighted by molar-refractivity contribution is -0.146. The third-order valence-corrected chi connectivity index (χ3v) is 6.85. The molecule has 2 aromatic rings. The third kappa shape index (κ3) is 4.16. The lowest BCUT2D eigenvalue weighted by Gasteiger charge is -2.29. The van der Waals surface area contributed by atoms with Crippen molar-refractivity contribution in [3.8, 4) is 11.1 Å². The monoisotopic (exact) mass is 426 g/mol. The Kier molecular flexibility index (Phi) is 6.12. The summed E-state index contributed by atoms with van der Waals surface area (Å²) in [4.78, 5) is 38.0. The highest BCUT2D eigenvalue weighted by atomic mass is 32.1.